The van der Waals surface area contributed by atoms with Crippen molar-refractivity contribution in [2.24, 2.45) is 12.8 Å². The number of amidine groups is 1. The lowest BCUT2D eigenvalue weighted by molar-refractivity contribution is -0.119. The van der Waals surface area contributed by atoms with E-state index in [9.17, 15) is 4.79 Å². The Kier molecular flexibility index (Phi) is 11.7. The molecule has 226 valence electrons. The van der Waals surface area contributed by atoms with Crippen LogP contribution in [0.3, 0.4) is 0 Å². The zero-order valence-corrected chi connectivity index (χ0v) is 26.5. The van der Waals surface area contributed by atoms with Crippen molar-refractivity contribution in [3.05, 3.63) is 107 Å². The first-order valence-corrected chi connectivity index (χ1v) is 14.3. The van der Waals surface area contributed by atoms with E-state index in [1.165, 1.54) is 10.9 Å². The van der Waals surface area contributed by atoms with E-state index in [-0.39, 0.29) is 36.6 Å². The zero-order valence-electron chi connectivity index (χ0n) is 24.9. The Morgan fingerprint density at radius 1 is 0.907 bits per heavy atom. The maximum atomic E-state index is 13.8. The molecule has 1 amide bonds. The molecule has 1 heterocycles. The third kappa shape index (κ3) is 7.54. The summed E-state index contributed by atoms with van der Waals surface area (Å²) in [4.78, 5) is 22.8. The van der Waals surface area contributed by atoms with Crippen LogP contribution in [-0.2, 0) is 31.2 Å². The summed E-state index contributed by atoms with van der Waals surface area (Å²) in [6.45, 7) is 6.68. The van der Waals surface area contributed by atoms with Gasteiger partial charge in [-0.05, 0) is 59.6 Å². The van der Waals surface area contributed by atoms with Crippen LogP contribution in [0.5, 0.6) is 0 Å². The van der Waals surface area contributed by atoms with Gasteiger partial charge in [0.25, 0.3) is 0 Å². The predicted octanol–water partition coefficient (Wildman–Crippen LogP) is 6.51. The lowest BCUT2D eigenvalue weighted by Crippen LogP contribution is -2.40. The van der Waals surface area contributed by atoms with E-state index in [0.29, 0.717) is 13.1 Å². The van der Waals surface area contributed by atoms with Gasteiger partial charge >= 0.3 is 0 Å². The minimum atomic E-state index is 0. The number of amides is 1. The molecule has 0 aliphatic rings. The van der Waals surface area contributed by atoms with Crippen LogP contribution >= 0.6 is 24.8 Å². The van der Waals surface area contributed by atoms with Crippen LogP contribution in [0.15, 0.2) is 84.9 Å². The van der Waals surface area contributed by atoms with E-state index in [0.717, 1.165) is 65.0 Å². The highest BCUT2D eigenvalue weighted by Crippen LogP contribution is 2.27. The quantitative estimate of drug-likeness (QED) is 0.130. The number of imidazole rings is 1. The summed E-state index contributed by atoms with van der Waals surface area (Å²) in [6, 6.07) is 28.6. The fourth-order valence-corrected chi connectivity index (χ4v) is 5.38. The summed E-state index contributed by atoms with van der Waals surface area (Å²) in [5, 5.41) is 9.92. The van der Waals surface area contributed by atoms with Crippen LogP contribution in [0.25, 0.3) is 21.8 Å². The van der Waals surface area contributed by atoms with Crippen molar-refractivity contribution in [1.29, 1.82) is 5.41 Å². The van der Waals surface area contributed by atoms with Crippen molar-refractivity contribution in [1.82, 2.24) is 14.5 Å². The van der Waals surface area contributed by atoms with E-state index < -0.39 is 0 Å². The summed E-state index contributed by atoms with van der Waals surface area (Å²) >= 11 is 0. The molecule has 0 spiro atoms. The van der Waals surface area contributed by atoms with Gasteiger partial charge in [0.05, 0.1) is 24.1 Å². The van der Waals surface area contributed by atoms with Crippen LogP contribution in [0.4, 0.5) is 5.69 Å². The molecule has 3 N–H and O–H groups in total. The maximum absolute atomic E-state index is 13.8. The van der Waals surface area contributed by atoms with E-state index in [2.05, 4.69) is 59.7 Å². The number of nitrogen functional groups attached to an aromatic ring is 1. The van der Waals surface area contributed by atoms with Crippen LogP contribution in [0, 0.1) is 5.41 Å². The average Bonchev–Trinajstić information content (AvgIpc) is 3.31. The molecule has 0 bridgehead atoms. The summed E-state index contributed by atoms with van der Waals surface area (Å²) in [6.07, 6.45) is 1.61. The van der Waals surface area contributed by atoms with Crippen molar-refractivity contribution in [3.63, 3.8) is 0 Å². The second-order valence-electron chi connectivity index (χ2n) is 10.5. The van der Waals surface area contributed by atoms with Gasteiger partial charge in [-0.2, -0.15) is 0 Å². The molecule has 0 saturated heterocycles. The first-order valence-electron chi connectivity index (χ1n) is 14.3. The standard InChI is InChI=1S/C34H38N6O.2ClH/c1-4-39(5-2)23-33(41)40(22-27-11-8-10-25-9-6-7-12-29(25)27)28-18-19-31-30(21-28)37-32(38(31)3)20-15-24-13-16-26(17-14-24)34(35)36;;/h6-14,16-19,21H,4-5,15,20,22-23H2,1-3H3,(H3,35,36);2*1H. The molecular weight excluding hydrogens is 579 g/mol. The lowest BCUT2D eigenvalue weighted by atomic mass is 10.0. The Balaban J connectivity index is 0.00000253. The zero-order chi connectivity index (χ0) is 28.9. The number of nitrogens with one attached hydrogen (secondary N) is 1. The van der Waals surface area contributed by atoms with Crippen molar-refractivity contribution in [3.8, 4) is 0 Å². The number of hydrogen-bond donors (Lipinski definition) is 2. The number of benzene rings is 4. The van der Waals surface area contributed by atoms with Gasteiger partial charge in [-0.25, -0.2) is 4.98 Å². The highest BCUT2D eigenvalue weighted by molar-refractivity contribution is 5.97. The molecule has 0 aliphatic heterocycles. The predicted molar refractivity (Wildman–Crippen MR) is 183 cm³/mol. The number of aryl methyl sites for hydroxylation is 3. The average molecular weight is 620 g/mol. The molecular formula is C34H40Cl2N6O. The largest absolute Gasteiger partial charge is 0.384 e. The highest BCUT2D eigenvalue weighted by Gasteiger charge is 2.21. The SMILES string of the molecule is CCN(CC)CC(=O)N(Cc1cccc2ccccc12)c1ccc2c(c1)nc(CCc1ccc(C(=N)N)cc1)n2C.Cl.Cl. The number of halogens is 2. The van der Waals surface area contributed by atoms with Gasteiger partial charge in [0.15, 0.2) is 0 Å². The smallest absolute Gasteiger partial charge is 0.241 e. The molecule has 0 radical (unpaired) electrons. The highest BCUT2D eigenvalue weighted by atomic mass is 35.5. The molecule has 9 heteroatoms. The summed E-state index contributed by atoms with van der Waals surface area (Å²) in [7, 11) is 2.04. The second kappa shape index (κ2) is 15.0. The molecule has 43 heavy (non-hydrogen) atoms. The normalized spacial score (nSPS) is 10.9. The Bertz CT molecular complexity index is 1690. The number of nitrogens with zero attached hydrogens (tertiary/aromatic N) is 4. The fourth-order valence-electron chi connectivity index (χ4n) is 5.38. The Morgan fingerprint density at radius 3 is 2.30 bits per heavy atom. The number of anilines is 1. The number of fused-ring (bicyclic) bond motifs is 2. The first kappa shape index (κ1) is 33.6. The van der Waals surface area contributed by atoms with Crippen molar-refractivity contribution >= 4 is 64.1 Å². The molecule has 7 nitrogen and oxygen atoms in total. The van der Waals surface area contributed by atoms with Gasteiger partial charge in [-0.3, -0.25) is 15.1 Å². The van der Waals surface area contributed by atoms with Crippen LogP contribution in [-0.4, -0.2) is 45.8 Å². The number of carbonyl (C=O) groups is 1. The fraction of sp³-hybridized carbons (Fsp3) is 0.265. The minimum absolute atomic E-state index is 0. The molecule has 4 aromatic carbocycles. The van der Waals surface area contributed by atoms with Crippen LogP contribution in [0.2, 0.25) is 0 Å². The molecule has 0 aliphatic carbocycles. The van der Waals surface area contributed by atoms with E-state index in [1.54, 1.807) is 0 Å². The molecule has 0 saturated carbocycles. The molecule has 0 fully saturated rings. The number of aromatic nitrogens is 2. The number of carbonyl (C=O) groups excluding carboxylic acids is 1. The number of hydrogen-bond acceptors (Lipinski definition) is 4. The molecule has 0 unspecified atom stereocenters. The Morgan fingerprint density at radius 2 is 1.60 bits per heavy atom. The van der Waals surface area contributed by atoms with Crippen LogP contribution in [0.1, 0.15) is 36.4 Å². The molecule has 5 rings (SSSR count). The summed E-state index contributed by atoms with van der Waals surface area (Å²) < 4.78 is 2.13. The third-order valence-corrected chi connectivity index (χ3v) is 7.93. The molecule has 1 aromatic heterocycles. The van der Waals surface area contributed by atoms with Crippen molar-refractivity contribution < 1.29 is 4.79 Å². The summed E-state index contributed by atoms with van der Waals surface area (Å²) in [5.74, 6) is 1.14. The summed E-state index contributed by atoms with van der Waals surface area (Å²) in [5.41, 5.74) is 11.4. The minimum Gasteiger partial charge on any atom is -0.384 e. The van der Waals surface area contributed by atoms with Crippen molar-refractivity contribution in [2.75, 3.05) is 24.5 Å². The monoisotopic (exact) mass is 618 g/mol. The Hall–Kier alpha value is -3.91. The number of likely N-dealkylation sites (N-methyl/N-ethyl adjacent to an activating group) is 1. The van der Waals surface area contributed by atoms with Crippen LogP contribution < -0.4 is 10.6 Å². The number of nitrogens with two attached hydrogens (primary N) is 1. The van der Waals surface area contributed by atoms with Gasteiger partial charge in [0, 0.05) is 24.7 Å². The lowest BCUT2D eigenvalue weighted by Gasteiger charge is -2.27. The Labute approximate surface area is 266 Å². The van der Waals surface area contributed by atoms with Crippen molar-refractivity contribution in [2.45, 2.75) is 33.2 Å². The van der Waals surface area contributed by atoms with Gasteiger partial charge in [-0.1, -0.05) is 80.6 Å². The molecule has 0 atom stereocenters. The van der Waals surface area contributed by atoms with E-state index in [1.807, 2.05) is 60.5 Å². The first-order chi connectivity index (χ1) is 19.9. The third-order valence-electron chi connectivity index (χ3n) is 7.93. The van der Waals surface area contributed by atoms with E-state index >= 15 is 0 Å². The van der Waals surface area contributed by atoms with Gasteiger partial charge < -0.3 is 15.2 Å². The topological polar surface area (TPSA) is 91.2 Å². The van der Waals surface area contributed by atoms with Gasteiger partial charge in [-0.15, -0.1) is 24.8 Å². The van der Waals surface area contributed by atoms with Gasteiger partial charge in [0.1, 0.15) is 11.7 Å². The molecule has 5 aromatic rings. The maximum Gasteiger partial charge on any atom is 0.241 e. The number of rotatable bonds is 11. The second-order valence-corrected chi connectivity index (χ2v) is 10.5. The van der Waals surface area contributed by atoms with Gasteiger partial charge in [0.2, 0.25) is 5.91 Å². The van der Waals surface area contributed by atoms with E-state index in [4.69, 9.17) is 16.1 Å².